The Labute approximate surface area is 180 Å². The van der Waals surface area contributed by atoms with Gasteiger partial charge in [-0.1, -0.05) is 12.1 Å². The molecule has 0 radical (unpaired) electrons. The van der Waals surface area contributed by atoms with E-state index in [1.807, 2.05) is 66.7 Å². The van der Waals surface area contributed by atoms with Crippen molar-refractivity contribution >= 4 is 18.7 Å². The minimum atomic E-state index is -0.494. The van der Waals surface area contributed by atoms with Crippen molar-refractivity contribution in [2.24, 2.45) is 5.92 Å². The molecule has 0 saturated carbocycles. The highest BCUT2D eigenvalue weighted by atomic mass is 16.7. The summed E-state index contributed by atoms with van der Waals surface area (Å²) >= 11 is 0. The Balaban J connectivity index is 1.67. The van der Waals surface area contributed by atoms with Gasteiger partial charge in [0.25, 0.3) is 0 Å². The molecule has 2 aliphatic rings. The van der Waals surface area contributed by atoms with E-state index in [1.54, 1.807) is 4.90 Å². The van der Waals surface area contributed by atoms with Crippen LogP contribution in [0.25, 0.3) is 0 Å². The lowest BCUT2D eigenvalue weighted by molar-refractivity contribution is 0.00578. The van der Waals surface area contributed by atoms with Crippen LogP contribution >= 0.6 is 0 Å². The quantitative estimate of drug-likeness (QED) is 0.709. The van der Waals surface area contributed by atoms with Crippen LogP contribution in [0.5, 0.6) is 0 Å². The number of nitrogens with zero attached hydrogens (tertiary/aromatic N) is 2. The summed E-state index contributed by atoms with van der Waals surface area (Å²) in [5.41, 5.74) is 1.16. The number of nitriles is 1. The van der Waals surface area contributed by atoms with Crippen LogP contribution in [-0.4, -0.2) is 48.0 Å². The minimum Gasteiger partial charge on any atom is -0.444 e. The molecule has 3 rings (SSSR count). The summed E-state index contributed by atoms with van der Waals surface area (Å²) in [6.45, 7) is 15.0. The van der Waals surface area contributed by atoms with Gasteiger partial charge in [-0.25, -0.2) is 4.79 Å². The van der Waals surface area contributed by atoms with Gasteiger partial charge in [0, 0.05) is 13.1 Å². The molecule has 1 unspecified atom stereocenters. The lowest BCUT2D eigenvalue weighted by atomic mass is 9.77. The van der Waals surface area contributed by atoms with E-state index in [2.05, 4.69) is 6.07 Å². The summed E-state index contributed by atoms with van der Waals surface area (Å²) in [5, 5.41) is 9.72. The van der Waals surface area contributed by atoms with E-state index in [9.17, 15) is 10.1 Å². The third-order valence-corrected chi connectivity index (χ3v) is 6.23. The van der Waals surface area contributed by atoms with Crippen molar-refractivity contribution < 1.29 is 18.8 Å². The van der Waals surface area contributed by atoms with E-state index >= 15 is 0 Å². The maximum Gasteiger partial charge on any atom is 0.494 e. The average molecular weight is 412 g/mol. The largest absolute Gasteiger partial charge is 0.494 e. The molecule has 30 heavy (non-hydrogen) atoms. The molecule has 0 spiro atoms. The van der Waals surface area contributed by atoms with Crippen molar-refractivity contribution in [1.82, 2.24) is 4.90 Å². The minimum absolute atomic E-state index is 0.262. The second kappa shape index (κ2) is 7.90. The third kappa shape index (κ3) is 4.82. The Hall–Kier alpha value is -2.04. The highest BCUT2D eigenvalue weighted by Gasteiger charge is 2.51. The maximum absolute atomic E-state index is 12.3. The molecular weight excluding hydrogens is 379 g/mol. The molecule has 2 aliphatic heterocycles. The fraction of sp³-hybridized carbons (Fsp3) is 0.652. The van der Waals surface area contributed by atoms with Gasteiger partial charge >= 0.3 is 13.2 Å². The molecule has 1 amide bonds. The zero-order valence-corrected chi connectivity index (χ0v) is 19.2. The van der Waals surface area contributed by atoms with Crippen molar-refractivity contribution in [3.8, 4) is 6.07 Å². The lowest BCUT2D eigenvalue weighted by Crippen LogP contribution is -2.41. The molecule has 0 bridgehead atoms. The Morgan fingerprint density at radius 2 is 1.90 bits per heavy atom. The summed E-state index contributed by atoms with van der Waals surface area (Å²) in [6, 6.07) is 8.18. The number of carbonyl (C=O) groups excluding carboxylic acids is 1. The lowest BCUT2D eigenvalue weighted by Gasteiger charge is -2.32. The van der Waals surface area contributed by atoms with Crippen molar-refractivity contribution in [3.05, 3.63) is 29.3 Å². The Morgan fingerprint density at radius 1 is 1.27 bits per heavy atom. The van der Waals surface area contributed by atoms with E-state index in [4.69, 9.17) is 14.0 Å². The third-order valence-electron chi connectivity index (χ3n) is 6.23. The molecule has 7 heteroatoms. The number of carbonyl (C=O) groups is 1. The predicted octanol–water partition coefficient (Wildman–Crippen LogP) is 3.66. The topological polar surface area (TPSA) is 71.8 Å². The SMILES string of the molecule is CC(C)(C)OC(=O)N1CCC(Cc2ccc(B3OC(C)(C)C(C)(C)O3)cc2C#N)C1. The van der Waals surface area contributed by atoms with Crippen molar-refractivity contribution in [1.29, 1.82) is 5.26 Å². The highest BCUT2D eigenvalue weighted by molar-refractivity contribution is 6.62. The molecule has 1 atom stereocenters. The van der Waals surface area contributed by atoms with Crippen LogP contribution in [0.2, 0.25) is 0 Å². The second-order valence-electron chi connectivity index (χ2n) is 10.4. The van der Waals surface area contributed by atoms with Crippen LogP contribution in [0.3, 0.4) is 0 Å². The van der Waals surface area contributed by atoms with Gasteiger partial charge < -0.3 is 18.9 Å². The monoisotopic (exact) mass is 412 g/mol. The summed E-state index contributed by atoms with van der Waals surface area (Å²) < 4.78 is 17.7. The van der Waals surface area contributed by atoms with Gasteiger partial charge in [-0.15, -0.1) is 0 Å². The average Bonchev–Trinajstić information content (AvgIpc) is 3.16. The van der Waals surface area contributed by atoms with Crippen molar-refractivity contribution in [3.63, 3.8) is 0 Å². The number of benzene rings is 1. The van der Waals surface area contributed by atoms with E-state index in [-0.39, 0.29) is 6.09 Å². The molecule has 6 nitrogen and oxygen atoms in total. The van der Waals surface area contributed by atoms with Gasteiger partial charge in [0.1, 0.15) is 5.60 Å². The number of amides is 1. The smallest absolute Gasteiger partial charge is 0.444 e. The van der Waals surface area contributed by atoms with E-state index in [1.165, 1.54) is 0 Å². The Kier molecular flexibility index (Phi) is 5.96. The normalized spacial score (nSPS) is 22.8. The molecular formula is C23H33BN2O4. The number of ether oxygens (including phenoxy) is 1. The van der Waals surface area contributed by atoms with E-state index < -0.39 is 23.9 Å². The van der Waals surface area contributed by atoms with Crippen molar-refractivity contribution in [2.75, 3.05) is 13.1 Å². The standard InChI is InChI=1S/C23H33BN2O4/c1-21(2,3)28-20(27)26-11-10-16(15-26)12-17-8-9-19(13-18(17)14-25)24-29-22(4,5)23(6,7)30-24/h8-9,13,16H,10-12,15H2,1-7H3. The molecule has 2 saturated heterocycles. The number of hydrogen-bond donors (Lipinski definition) is 0. The van der Waals surface area contributed by atoms with Crippen LogP contribution in [0.1, 0.15) is 66.0 Å². The molecule has 0 aliphatic carbocycles. The molecule has 1 aromatic rings. The summed E-state index contributed by atoms with van der Waals surface area (Å²) in [6.07, 6.45) is 1.40. The zero-order valence-electron chi connectivity index (χ0n) is 19.2. The Morgan fingerprint density at radius 3 is 2.47 bits per heavy atom. The summed E-state index contributed by atoms with van der Waals surface area (Å²) in [7, 11) is -0.481. The summed E-state index contributed by atoms with van der Waals surface area (Å²) in [4.78, 5) is 14.1. The highest BCUT2D eigenvalue weighted by Crippen LogP contribution is 2.36. The fourth-order valence-electron chi connectivity index (χ4n) is 3.80. The first-order valence-electron chi connectivity index (χ1n) is 10.7. The van der Waals surface area contributed by atoms with Crippen LogP contribution in [0.15, 0.2) is 18.2 Å². The maximum atomic E-state index is 12.3. The summed E-state index contributed by atoms with van der Waals surface area (Å²) in [5.74, 6) is 0.312. The van der Waals surface area contributed by atoms with E-state index in [0.29, 0.717) is 24.6 Å². The molecule has 2 heterocycles. The van der Waals surface area contributed by atoms with Gasteiger partial charge in [0.05, 0.1) is 22.8 Å². The molecule has 0 aromatic heterocycles. The first kappa shape index (κ1) is 22.6. The second-order valence-corrected chi connectivity index (χ2v) is 10.4. The fourth-order valence-corrected chi connectivity index (χ4v) is 3.80. The predicted molar refractivity (Wildman–Crippen MR) is 116 cm³/mol. The van der Waals surface area contributed by atoms with Gasteiger partial charge in [-0.3, -0.25) is 0 Å². The molecule has 2 fully saturated rings. The van der Waals surface area contributed by atoms with E-state index in [0.717, 1.165) is 23.9 Å². The number of hydrogen-bond acceptors (Lipinski definition) is 5. The number of likely N-dealkylation sites (tertiary alicyclic amines) is 1. The molecule has 162 valence electrons. The first-order valence-corrected chi connectivity index (χ1v) is 10.7. The Bertz CT molecular complexity index is 838. The van der Waals surface area contributed by atoms with Crippen LogP contribution < -0.4 is 5.46 Å². The number of rotatable bonds is 3. The van der Waals surface area contributed by atoms with Gasteiger partial charge in [0.2, 0.25) is 0 Å². The van der Waals surface area contributed by atoms with Crippen LogP contribution in [0.4, 0.5) is 4.79 Å². The zero-order chi connectivity index (χ0) is 22.3. The van der Waals surface area contributed by atoms with Crippen molar-refractivity contribution in [2.45, 2.75) is 78.1 Å². The van der Waals surface area contributed by atoms with Crippen LogP contribution in [-0.2, 0) is 20.5 Å². The first-order chi connectivity index (χ1) is 13.8. The van der Waals surface area contributed by atoms with Gasteiger partial charge in [-0.2, -0.15) is 5.26 Å². The van der Waals surface area contributed by atoms with Gasteiger partial charge in [-0.05, 0) is 84.3 Å². The molecule has 0 N–H and O–H groups in total. The molecule has 1 aromatic carbocycles. The van der Waals surface area contributed by atoms with Crippen LogP contribution in [0, 0.1) is 17.2 Å². The van der Waals surface area contributed by atoms with Gasteiger partial charge in [0.15, 0.2) is 0 Å².